The molecule has 0 saturated carbocycles. The van der Waals surface area contributed by atoms with Crippen LogP contribution in [0.25, 0.3) is 0 Å². The van der Waals surface area contributed by atoms with Gasteiger partial charge in [-0.25, -0.2) is 0 Å². The SMILES string of the molecule is Brc1c[c]ccc1.c1ccccc1. The predicted molar refractivity (Wildman–Crippen MR) is 59.4 cm³/mol. The first-order valence-electron chi connectivity index (χ1n) is 4.01. The maximum atomic E-state index is 3.28. The van der Waals surface area contributed by atoms with Crippen molar-refractivity contribution in [1.29, 1.82) is 0 Å². The number of halogens is 1. The highest BCUT2D eigenvalue weighted by Gasteiger charge is 1.75. The van der Waals surface area contributed by atoms with Gasteiger partial charge in [0.2, 0.25) is 0 Å². The zero-order chi connectivity index (χ0) is 9.36. The number of hydrogen-bond donors (Lipinski definition) is 0. The Balaban J connectivity index is 0.000000132. The molecule has 0 bridgehead atoms. The normalized spacial score (nSPS) is 8.38. The van der Waals surface area contributed by atoms with Gasteiger partial charge in [0.25, 0.3) is 0 Å². The lowest BCUT2D eigenvalue weighted by molar-refractivity contribution is 1.64. The topological polar surface area (TPSA) is 0 Å². The van der Waals surface area contributed by atoms with E-state index in [1.54, 1.807) is 0 Å². The molecule has 0 saturated heterocycles. The van der Waals surface area contributed by atoms with Gasteiger partial charge in [0.1, 0.15) is 0 Å². The smallest absolute Gasteiger partial charge is 0.0181 e. The monoisotopic (exact) mass is 233 g/mol. The minimum absolute atomic E-state index is 1.08. The molecule has 0 unspecified atom stereocenters. The predicted octanol–water partition coefficient (Wildman–Crippen LogP) is 3.94. The Morgan fingerprint density at radius 3 is 1.62 bits per heavy atom. The van der Waals surface area contributed by atoms with Gasteiger partial charge in [0, 0.05) is 4.47 Å². The highest BCUT2D eigenvalue weighted by atomic mass is 79.9. The summed E-state index contributed by atoms with van der Waals surface area (Å²) in [5.41, 5.74) is 0. The molecule has 0 amide bonds. The Hall–Kier alpha value is -1.08. The zero-order valence-corrected chi connectivity index (χ0v) is 8.74. The van der Waals surface area contributed by atoms with Crippen LogP contribution in [0.5, 0.6) is 0 Å². The summed E-state index contributed by atoms with van der Waals surface area (Å²) >= 11 is 3.28. The molecule has 0 aromatic heterocycles. The van der Waals surface area contributed by atoms with Gasteiger partial charge >= 0.3 is 0 Å². The van der Waals surface area contributed by atoms with Crippen molar-refractivity contribution < 1.29 is 0 Å². The lowest BCUT2D eigenvalue weighted by Crippen LogP contribution is -1.56. The molecule has 0 atom stereocenters. The molecule has 2 aromatic rings. The number of benzene rings is 2. The maximum absolute atomic E-state index is 3.28. The molecule has 1 heteroatoms. The molecule has 0 nitrogen and oxygen atoms in total. The first kappa shape index (κ1) is 10.0. The first-order chi connectivity index (χ1) is 6.39. The average Bonchev–Trinajstić information content (AvgIpc) is 2.22. The van der Waals surface area contributed by atoms with Gasteiger partial charge < -0.3 is 0 Å². The second-order valence-electron chi connectivity index (χ2n) is 2.38. The minimum Gasteiger partial charge on any atom is -0.0623 e. The second-order valence-corrected chi connectivity index (χ2v) is 3.29. The largest absolute Gasteiger partial charge is 0.0623 e. The van der Waals surface area contributed by atoms with E-state index in [9.17, 15) is 0 Å². The van der Waals surface area contributed by atoms with E-state index in [0.29, 0.717) is 0 Å². The first-order valence-corrected chi connectivity index (χ1v) is 4.80. The molecular formula is C12H10Br. The standard InChI is InChI=1S/C6H4Br.C6H6/c7-6-4-2-1-3-5-6;1-2-4-6-5-3-1/h1-2,4-5H;1-6H. The third-order valence-electron chi connectivity index (χ3n) is 1.34. The molecule has 2 aromatic carbocycles. The van der Waals surface area contributed by atoms with Crippen molar-refractivity contribution in [1.82, 2.24) is 0 Å². The molecule has 2 rings (SSSR count). The highest BCUT2D eigenvalue weighted by Crippen LogP contribution is 2.04. The molecule has 0 aliphatic rings. The van der Waals surface area contributed by atoms with E-state index < -0.39 is 0 Å². The van der Waals surface area contributed by atoms with Gasteiger partial charge in [-0.1, -0.05) is 64.5 Å². The Kier molecular flexibility index (Phi) is 4.95. The van der Waals surface area contributed by atoms with Crippen molar-refractivity contribution in [3.63, 3.8) is 0 Å². The van der Waals surface area contributed by atoms with Gasteiger partial charge in [0.05, 0.1) is 0 Å². The van der Waals surface area contributed by atoms with Crippen LogP contribution in [-0.2, 0) is 0 Å². The van der Waals surface area contributed by atoms with Gasteiger partial charge in [-0.15, -0.1) is 0 Å². The van der Waals surface area contributed by atoms with Crippen LogP contribution in [0, 0.1) is 6.07 Å². The Morgan fingerprint density at radius 2 is 1.38 bits per heavy atom. The fourth-order valence-corrected chi connectivity index (χ4v) is 1.04. The second kappa shape index (κ2) is 6.44. The van der Waals surface area contributed by atoms with Crippen molar-refractivity contribution in [3.05, 3.63) is 71.2 Å². The summed E-state index contributed by atoms with van der Waals surface area (Å²) in [5, 5.41) is 0. The van der Waals surface area contributed by atoms with E-state index >= 15 is 0 Å². The Bertz CT molecular complexity index is 276. The summed E-state index contributed by atoms with van der Waals surface area (Å²) in [6, 6.07) is 22.6. The lowest BCUT2D eigenvalue weighted by atomic mass is 10.4. The summed E-state index contributed by atoms with van der Waals surface area (Å²) in [6.07, 6.45) is 0. The van der Waals surface area contributed by atoms with Crippen LogP contribution in [0.3, 0.4) is 0 Å². The van der Waals surface area contributed by atoms with E-state index in [4.69, 9.17) is 0 Å². The lowest BCUT2D eigenvalue weighted by Gasteiger charge is -1.79. The van der Waals surface area contributed by atoms with Crippen molar-refractivity contribution in [2.24, 2.45) is 0 Å². The Labute approximate surface area is 87.4 Å². The van der Waals surface area contributed by atoms with E-state index in [1.165, 1.54) is 0 Å². The van der Waals surface area contributed by atoms with Crippen LogP contribution in [0.15, 0.2) is 65.1 Å². The zero-order valence-electron chi connectivity index (χ0n) is 7.15. The van der Waals surface area contributed by atoms with Crippen molar-refractivity contribution in [3.8, 4) is 0 Å². The summed E-state index contributed by atoms with van der Waals surface area (Å²) in [7, 11) is 0. The quantitative estimate of drug-likeness (QED) is 0.647. The van der Waals surface area contributed by atoms with Gasteiger partial charge in [0.15, 0.2) is 0 Å². The number of hydrogen-bond acceptors (Lipinski definition) is 0. The van der Waals surface area contributed by atoms with Crippen molar-refractivity contribution in [2.75, 3.05) is 0 Å². The molecule has 0 aliphatic heterocycles. The molecule has 1 radical (unpaired) electrons. The van der Waals surface area contributed by atoms with Gasteiger partial charge in [-0.2, -0.15) is 0 Å². The molecule has 65 valence electrons. The molecule has 0 spiro atoms. The summed E-state index contributed by atoms with van der Waals surface area (Å²) in [5.74, 6) is 0. The van der Waals surface area contributed by atoms with Crippen LogP contribution in [0.2, 0.25) is 0 Å². The summed E-state index contributed by atoms with van der Waals surface area (Å²) in [4.78, 5) is 0. The van der Waals surface area contributed by atoms with Gasteiger partial charge in [-0.05, 0) is 18.2 Å². The van der Waals surface area contributed by atoms with Crippen LogP contribution in [0.4, 0.5) is 0 Å². The number of rotatable bonds is 0. The average molecular weight is 234 g/mol. The van der Waals surface area contributed by atoms with Crippen molar-refractivity contribution >= 4 is 15.9 Å². The van der Waals surface area contributed by atoms with E-state index in [-0.39, 0.29) is 0 Å². The third-order valence-corrected chi connectivity index (χ3v) is 1.83. The minimum atomic E-state index is 1.08. The van der Waals surface area contributed by atoms with E-state index in [0.717, 1.165) is 4.47 Å². The fourth-order valence-electron chi connectivity index (χ4n) is 0.756. The van der Waals surface area contributed by atoms with Crippen molar-refractivity contribution in [2.45, 2.75) is 0 Å². The van der Waals surface area contributed by atoms with Crippen LogP contribution in [-0.4, -0.2) is 0 Å². The van der Waals surface area contributed by atoms with E-state index in [2.05, 4.69) is 22.0 Å². The molecule has 0 fully saturated rings. The van der Waals surface area contributed by atoms with Crippen LogP contribution in [0.1, 0.15) is 0 Å². The molecule has 13 heavy (non-hydrogen) atoms. The molecule has 0 heterocycles. The summed E-state index contributed by atoms with van der Waals surface area (Å²) < 4.78 is 1.08. The summed E-state index contributed by atoms with van der Waals surface area (Å²) in [6.45, 7) is 0. The molecular weight excluding hydrogens is 224 g/mol. The van der Waals surface area contributed by atoms with Crippen LogP contribution >= 0.6 is 15.9 Å². The Morgan fingerprint density at radius 1 is 0.846 bits per heavy atom. The molecule has 0 aliphatic carbocycles. The van der Waals surface area contributed by atoms with E-state index in [1.807, 2.05) is 60.7 Å². The maximum Gasteiger partial charge on any atom is 0.0181 e. The third kappa shape index (κ3) is 5.21. The van der Waals surface area contributed by atoms with Gasteiger partial charge in [-0.3, -0.25) is 0 Å². The highest BCUT2D eigenvalue weighted by molar-refractivity contribution is 9.10. The fraction of sp³-hybridized carbons (Fsp3) is 0. The molecule has 0 N–H and O–H groups in total. The van der Waals surface area contributed by atoms with Crippen LogP contribution < -0.4 is 0 Å².